The molecule has 0 saturated carbocycles. The number of carbonyl (C=O) groups is 1. The monoisotopic (exact) mass is 277 g/mol. The molecule has 1 amide bonds. The lowest BCUT2D eigenvalue weighted by Gasteiger charge is -2.21. The summed E-state index contributed by atoms with van der Waals surface area (Å²) in [5, 5.41) is 14.6. The lowest BCUT2D eigenvalue weighted by atomic mass is 9.95. The molecule has 5 heteroatoms. The zero-order chi connectivity index (χ0) is 15.0. The molecule has 5 nitrogen and oxygen atoms in total. The van der Waals surface area contributed by atoms with Crippen LogP contribution in [0.1, 0.15) is 44.6 Å². The second kappa shape index (κ2) is 8.19. The third-order valence-electron chi connectivity index (χ3n) is 3.29. The minimum atomic E-state index is -0.421. The van der Waals surface area contributed by atoms with Crippen molar-refractivity contribution in [2.45, 2.75) is 45.1 Å². The number of amidine groups is 1. The summed E-state index contributed by atoms with van der Waals surface area (Å²) in [5.41, 5.74) is 6.59. The Morgan fingerprint density at radius 3 is 2.50 bits per heavy atom. The van der Waals surface area contributed by atoms with Gasteiger partial charge in [0.2, 0.25) is 5.91 Å². The molecule has 2 unspecified atom stereocenters. The fraction of sp³-hybridized carbons (Fsp3) is 0.467. The number of hydrogen-bond acceptors (Lipinski definition) is 3. The largest absolute Gasteiger partial charge is 0.409 e. The molecule has 0 bridgehead atoms. The Hall–Kier alpha value is -2.04. The van der Waals surface area contributed by atoms with Gasteiger partial charge in [0.15, 0.2) is 5.84 Å². The molecule has 0 saturated heterocycles. The first kappa shape index (κ1) is 16.0. The molecule has 4 N–H and O–H groups in total. The summed E-state index contributed by atoms with van der Waals surface area (Å²) in [6, 6.07) is 9.20. The van der Waals surface area contributed by atoms with Crippen molar-refractivity contribution in [3.63, 3.8) is 0 Å². The molecule has 0 aliphatic rings. The minimum absolute atomic E-state index is 0.0446. The lowest BCUT2D eigenvalue weighted by molar-refractivity contribution is -0.123. The van der Waals surface area contributed by atoms with Crippen molar-refractivity contribution in [2.75, 3.05) is 0 Å². The van der Waals surface area contributed by atoms with E-state index in [9.17, 15) is 4.79 Å². The van der Waals surface area contributed by atoms with Crippen LogP contribution < -0.4 is 11.1 Å². The van der Waals surface area contributed by atoms with Gasteiger partial charge in [0.05, 0.1) is 12.0 Å². The zero-order valence-corrected chi connectivity index (χ0v) is 12.0. The lowest BCUT2D eigenvalue weighted by Crippen LogP contribution is -2.46. The van der Waals surface area contributed by atoms with Crippen molar-refractivity contribution < 1.29 is 10.0 Å². The average molecular weight is 277 g/mol. The molecule has 0 aliphatic carbocycles. The van der Waals surface area contributed by atoms with E-state index in [1.54, 1.807) is 0 Å². The molecule has 0 aromatic heterocycles. The van der Waals surface area contributed by atoms with Gasteiger partial charge in [-0.3, -0.25) is 4.79 Å². The number of oxime groups is 1. The highest BCUT2D eigenvalue weighted by Crippen LogP contribution is 2.19. The van der Waals surface area contributed by atoms with Crippen molar-refractivity contribution in [1.29, 1.82) is 0 Å². The first-order valence-corrected chi connectivity index (χ1v) is 6.96. The molecule has 0 heterocycles. The Kier molecular flexibility index (Phi) is 6.56. The fourth-order valence-electron chi connectivity index (χ4n) is 2.18. The van der Waals surface area contributed by atoms with Crippen LogP contribution in [0.4, 0.5) is 0 Å². The van der Waals surface area contributed by atoms with E-state index in [0.717, 1.165) is 12.0 Å². The summed E-state index contributed by atoms with van der Waals surface area (Å²) in [7, 11) is 0. The van der Waals surface area contributed by atoms with Gasteiger partial charge in [-0.05, 0) is 18.4 Å². The van der Waals surface area contributed by atoms with E-state index in [1.165, 1.54) is 0 Å². The van der Waals surface area contributed by atoms with Crippen LogP contribution in [0, 0.1) is 0 Å². The molecular weight excluding hydrogens is 254 g/mol. The standard InChI is InChI=1S/C15H23N3O2/c1-3-8-13(14(16)18-20)17-15(19)12(4-2)11-9-6-5-7-10-11/h5-7,9-10,12-13,20H,3-4,8H2,1-2H3,(H2,16,18)(H,17,19). The molecule has 20 heavy (non-hydrogen) atoms. The Balaban J connectivity index is 2.81. The quantitative estimate of drug-likeness (QED) is 0.309. The van der Waals surface area contributed by atoms with E-state index in [-0.39, 0.29) is 17.7 Å². The first-order chi connectivity index (χ1) is 9.63. The van der Waals surface area contributed by atoms with E-state index in [2.05, 4.69) is 10.5 Å². The van der Waals surface area contributed by atoms with Crippen LogP contribution in [0.25, 0.3) is 0 Å². The van der Waals surface area contributed by atoms with Crippen molar-refractivity contribution in [3.8, 4) is 0 Å². The summed E-state index contributed by atoms with van der Waals surface area (Å²) in [6.07, 6.45) is 2.18. The van der Waals surface area contributed by atoms with Gasteiger partial charge in [0, 0.05) is 0 Å². The summed E-state index contributed by atoms with van der Waals surface area (Å²) in [5.74, 6) is -0.270. The van der Waals surface area contributed by atoms with Crippen LogP contribution in [0.15, 0.2) is 35.5 Å². The molecule has 1 aromatic carbocycles. The molecule has 0 fully saturated rings. The molecule has 110 valence electrons. The summed E-state index contributed by atoms with van der Waals surface area (Å²) >= 11 is 0. The van der Waals surface area contributed by atoms with E-state index in [4.69, 9.17) is 10.9 Å². The SMILES string of the molecule is CCCC(NC(=O)C(CC)c1ccccc1)/C(N)=N/O. The Bertz CT molecular complexity index is 446. The number of nitrogens with one attached hydrogen (secondary N) is 1. The smallest absolute Gasteiger partial charge is 0.228 e. The number of rotatable bonds is 7. The second-order valence-corrected chi connectivity index (χ2v) is 4.75. The fourth-order valence-corrected chi connectivity index (χ4v) is 2.18. The minimum Gasteiger partial charge on any atom is -0.409 e. The van der Waals surface area contributed by atoms with Gasteiger partial charge >= 0.3 is 0 Å². The maximum Gasteiger partial charge on any atom is 0.228 e. The molecular formula is C15H23N3O2. The van der Waals surface area contributed by atoms with Gasteiger partial charge in [-0.15, -0.1) is 0 Å². The van der Waals surface area contributed by atoms with E-state index in [0.29, 0.717) is 12.8 Å². The topological polar surface area (TPSA) is 87.7 Å². The van der Waals surface area contributed by atoms with Crippen LogP contribution in [-0.4, -0.2) is 23.0 Å². The predicted molar refractivity (Wildman–Crippen MR) is 79.7 cm³/mol. The number of carbonyl (C=O) groups excluding carboxylic acids is 1. The van der Waals surface area contributed by atoms with Crippen LogP contribution in [0.5, 0.6) is 0 Å². The molecule has 1 aromatic rings. The summed E-state index contributed by atoms with van der Waals surface area (Å²) in [6.45, 7) is 3.95. The molecule has 0 radical (unpaired) electrons. The number of nitrogens with zero attached hydrogens (tertiary/aromatic N) is 1. The van der Waals surface area contributed by atoms with Gasteiger partial charge in [-0.2, -0.15) is 0 Å². The molecule has 1 rings (SSSR count). The number of nitrogens with two attached hydrogens (primary N) is 1. The van der Waals surface area contributed by atoms with Crippen molar-refractivity contribution >= 4 is 11.7 Å². The Morgan fingerprint density at radius 2 is 2.00 bits per heavy atom. The van der Waals surface area contributed by atoms with Crippen molar-refractivity contribution in [3.05, 3.63) is 35.9 Å². The van der Waals surface area contributed by atoms with Gasteiger partial charge in [0.25, 0.3) is 0 Å². The number of benzene rings is 1. The number of hydrogen-bond donors (Lipinski definition) is 3. The van der Waals surface area contributed by atoms with Gasteiger partial charge in [-0.25, -0.2) is 0 Å². The van der Waals surface area contributed by atoms with E-state index in [1.807, 2.05) is 44.2 Å². The Labute approximate surface area is 119 Å². The maximum absolute atomic E-state index is 12.4. The Morgan fingerprint density at radius 1 is 1.35 bits per heavy atom. The van der Waals surface area contributed by atoms with Gasteiger partial charge in [-0.1, -0.05) is 55.8 Å². The molecule has 0 spiro atoms. The highest BCUT2D eigenvalue weighted by Gasteiger charge is 2.23. The van der Waals surface area contributed by atoms with Crippen molar-refractivity contribution in [2.24, 2.45) is 10.9 Å². The highest BCUT2D eigenvalue weighted by molar-refractivity contribution is 5.92. The highest BCUT2D eigenvalue weighted by atomic mass is 16.4. The average Bonchev–Trinajstić information content (AvgIpc) is 2.48. The first-order valence-electron chi connectivity index (χ1n) is 6.96. The number of amides is 1. The van der Waals surface area contributed by atoms with Crippen LogP contribution in [-0.2, 0) is 4.79 Å². The normalized spacial score (nSPS) is 14.6. The predicted octanol–water partition coefficient (Wildman–Crippen LogP) is 2.21. The van der Waals surface area contributed by atoms with E-state index < -0.39 is 6.04 Å². The summed E-state index contributed by atoms with van der Waals surface area (Å²) < 4.78 is 0. The zero-order valence-electron chi connectivity index (χ0n) is 12.0. The third-order valence-corrected chi connectivity index (χ3v) is 3.29. The second-order valence-electron chi connectivity index (χ2n) is 4.75. The molecule has 0 aliphatic heterocycles. The third kappa shape index (κ3) is 4.26. The van der Waals surface area contributed by atoms with Crippen LogP contribution in [0.2, 0.25) is 0 Å². The van der Waals surface area contributed by atoms with Crippen molar-refractivity contribution in [1.82, 2.24) is 5.32 Å². The van der Waals surface area contributed by atoms with E-state index >= 15 is 0 Å². The summed E-state index contributed by atoms with van der Waals surface area (Å²) in [4.78, 5) is 12.4. The van der Waals surface area contributed by atoms with Gasteiger partial charge in [0.1, 0.15) is 0 Å². The molecule has 2 atom stereocenters. The van der Waals surface area contributed by atoms with Gasteiger partial charge < -0.3 is 16.3 Å². The van der Waals surface area contributed by atoms with Crippen LogP contribution >= 0.6 is 0 Å². The maximum atomic E-state index is 12.4. The van der Waals surface area contributed by atoms with Crippen LogP contribution in [0.3, 0.4) is 0 Å².